The topological polar surface area (TPSA) is 91.8 Å². The normalized spacial score (nSPS) is 11.9. The van der Waals surface area contributed by atoms with Crippen LogP contribution in [0, 0.1) is 0 Å². The molecule has 2 aromatic heterocycles. The van der Waals surface area contributed by atoms with Gasteiger partial charge in [0.25, 0.3) is 0 Å². The van der Waals surface area contributed by atoms with Crippen LogP contribution in [-0.2, 0) is 30.0 Å². The van der Waals surface area contributed by atoms with E-state index in [1.165, 1.54) is 6.20 Å². The van der Waals surface area contributed by atoms with Crippen molar-refractivity contribution in [3.05, 3.63) is 35.9 Å². The Labute approximate surface area is 118 Å². The number of hydrogen-bond donors (Lipinski definition) is 3. The lowest BCUT2D eigenvalue weighted by molar-refractivity contribution is 0.581. The molecule has 0 spiro atoms. The molecule has 0 aromatic carbocycles. The van der Waals surface area contributed by atoms with E-state index in [4.69, 9.17) is 0 Å². The summed E-state index contributed by atoms with van der Waals surface area (Å²) < 4.78 is 28.4. The molecule has 0 fully saturated rings. The summed E-state index contributed by atoms with van der Waals surface area (Å²) in [7, 11) is 0.171. The zero-order chi connectivity index (χ0) is 14.6. The zero-order valence-electron chi connectivity index (χ0n) is 11.5. The highest BCUT2D eigenvalue weighted by Gasteiger charge is 2.15. The molecule has 0 aliphatic carbocycles. The molecule has 0 aliphatic rings. The SMILES string of the molecule is CNCc1cc(S(=O)(=O)NCCc2ccn(C)n2)c[nH]1. The molecule has 20 heavy (non-hydrogen) atoms. The summed E-state index contributed by atoms with van der Waals surface area (Å²) in [5.41, 5.74) is 1.69. The first-order valence-electron chi connectivity index (χ1n) is 6.31. The van der Waals surface area contributed by atoms with Crippen LogP contribution in [0.25, 0.3) is 0 Å². The van der Waals surface area contributed by atoms with Crippen LogP contribution in [0.15, 0.2) is 29.4 Å². The predicted molar refractivity (Wildman–Crippen MR) is 75.7 cm³/mol. The average Bonchev–Trinajstić information content (AvgIpc) is 2.99. The van der Waals surface area contributed by atoms with Gasteiger partial charge in [0.15, 0.2) is 0 Å². The lowest BCUT2D eigenvalue weighted by atomic mass is 10.3. The molecule has 110 valence electrons. The summed E-state index contributed by atoms with van der Waals surface area (Å²) in [6.07, 6.45) is 3.89. The first-order chi connectivity index (χ1) is 9.51. The summed E-state index contributed by atoms with van der Waals surface area (Å²) in [5, 5.41) is 7.16. The van der Waals surface area contributed by atoms with Crippen molar-refractivity contribution in [1.29, 1.82) is 0 Å². The van der Waals surface area contributed by atoms with Gasteiger partial charge in [-0.05, 0) is 19.2 Å². The molecule has 0 radical (unpaired) electrons. The van der Waals surface area contributed by atoms with E-state index in [2.05, 4.69) is 20.1 Å². The number of aromatic amines is 1. The van der Waals surface area contributed by atoms with Crippen molar-refractivity contribution in [2.24, 2.45) is 7.05 Å². The third kappa shape index (κ3) is 3.69. The van der Waals surface area contributed by atoms with E-state index in [-0.39, 0.29) is 4.90 Å². The van der Waals surface area contributed by atoms with E-state index in [1.54, 1.807) is 17.8 Å². The maximum atomic E-state index is 12.1. The summed E-state index contributed by atoms with van der Waals surface area (Å²) in [6, 6.07) is 3.50. The minimum atomic E-state index is -3.46. The van der Waals surface area contributed by atoms with Gasteiger partial charge in [-0.1, -0.05) is 0 Å². The molecular weight excluding hydrogens is 278 g/mol. The van der Waals surface area contributed by atoms with Gasteiger partial charge in [0.1, 0.15) is 0 Å². The van der Waals surface area contributed by atoms with Crippen LogP contribution in [0.3, 0.4) is 0 Å². The molecule has 2 aromatic rings. The number of aromatic nitrogens is 3. The van der Waals surface area contributed by atoms with Gasteiger partial charge in [0, 0.05) is 44.6 Å². The molecule has 8 heteroatoms. The van der Waals surface area contributed by atoms with Gasteiger partial charge >= 0.3 is 0 Å². The first-order valence-corrected chi connectivity index (χ1v) is 7.79. The molecule has 7 nitrogen and oxygen atoms in total. The highest BCUT2D eigenvalue weighted by Crippen LogP contribution is 2.10. The number of nitrogens with one attached hydrogen (secondary N) is 3. The highest BCUT2D eigenvalue weighted by molar-refractivity contribution is 7.89. The zero-order valence-corrected chi connectivity index (χ0v) is 12.4. The fourth-order valence-electron chi connectivity index (χ4n) is 1.86. The Morgan fingerprint density at radius 1 is 1.45 bits per heavy atom. The van der Waals surface area contributed by atoms with Crippen LogP contribution >= 0.6 is 0 Å². The summed E-state index contributed by atoms with van der Waals surface area (Å²) in [5.74, 6) is 0. The fourth-order valence-corrected chi connectivity index (χ4v) is 2.91. The highest BCUT2D eigenvalue weighted by atomic mass is 32.2. The molecule has 2 heterocycles. The Kier molecular flexibility index (Phi) is 4.58. The maximum Gasteiger partial charge on any atom is 0.242 e. The lowest BCUT2D eigenvalue weighted by Crippen LogP contribution is -2.25. The van der Waals surface area contributed by atoms with Crippen molar-refractivity contribution in [3.8, 4) is 0 Å². The Morgan fingerprint density at radius 3 is 2.90 bits per heavy atom. The van der Waals surface area contributed by atoms with Gasteiger partial charge < -0.3 is 10.3 Å². The quantitative estimate of drug-likeness (QED) is 0.670. The van der Waals surface area contributed by atoms with Crippen LogP contribution in [0.5, 0.6) is 0 Å². The molecular formula is C12H19N5O2S. The lowest BCUT2D eigenvalue weighted by Gasteiger charge is -2.03. The monoisotopic (exact) mass is 297 g/mol. The van der Waals surface area contributed by atoms with Crippen LogP contribution in [0.4, 0.5) is 0 Å². The number of aryl methyl sites for hydroxylation is 1. The van der Waals surface area contributed by atoms with Crippen LogP contribution in [-0.4, -0.2) is 36.8 Å². The van der Waals surface area contributed by atoms with Crippen LogP contribution in [0.2, 0.25) is 0 Å². The Balaban J connectivity index is 1.92. The number of H-pyrrole nitrogens is 1. The van der Waals surface area contributed by atoms with E-state index in [0.717, 1.165) is 11.4 Å². The second-order valence-corrected chi connectivity index (χ2v) is 6.29. The third-order valence-corrected chi connectivity index (χ3v) is 4.28. The van der Waals surface area contributed by atoms with Crippen molar-refractivity contribution in [3.63, 3.8) is 0 Å². The van der Waals surface area contributed by atoms with Crippen molar-refractivity contribution < 1.29 is 8.42 Å². The van der Waals surface area contributed by atoms with Gasteiger partial charge in [-0.15, -0.1) is 0 Å². The fraction of sp³-hybridized carbons (Fsp3) is 0.417. The van der Waals surface area contributed by atoms with Crippen molar-refractivity contribution in [2.75, 3.05) is 13.6 Å². The number of rotatable bonds is 7. The van der Waals surface area contributed by atoms with Gasteiger partial charge in [0.2, 0.25) is 10.0 Å². The molecule has 2 rings (SSSR count). The number of hydrogen-bond acceptors (Lipinski definition) is 4. The Hall–Kier alpha value is -1.64. The van der Waals surface area contributed by atoms with Crippen molar-refractivity contribution in [2.45, 2.75) is 17.9 Å². The van der Waals surface area contributed by atoms with Gasteiger partial charge in [0.05, 0.1) is 10.6 Å². The van der Waals surface area contributed by atoms with Crippen LogP contribution < -0.4 is 10.0 Å². The first kappa shape index (κ1) is 14.8. The second kappa shape index (κ2) is 6.21. The van der Waals surface area contributed by atoms with E-state index < -0.39 is 10.0 Å². The van der Waals surface area contributed by atoms with E-state index in [0.29, 0.717) is 19.5 Å². The molecule has 0 bridgehead atoms. The number of nitrogens with zero attached hydrogens (tertiary/aromatic N) is 2. The standard InChI is InChI=1S/C12H19N5O2S/c1-13-8-11-7-12(9-14-11)20(18,19)15-5-3-10-4-6-17(2)16-10/h4,6-7,9,13-15H,3,5,8H2,1-2H3. The Morgan fingerprint density at radius 2 is 2.25 bits per heavy atom. The summed E-state index contributed by atoms with van der Waals surface area (Å²) in [6.45, 7) is 0.926. The van der Waals surface area contributed by atoms with Crippen molar-refractivity contribution >= 4 is 10.0 Å². The second-order valence-electron chi connectivity index (χ2n) is 4.52. The molecule has 3 N–H and O–H groups in total. The van der Waals surface area contributed by atoms with Crippen LogP contribution in [0.1, 0.15) is 11.4 Å². The molecule has 0 amide bonds. The largest absolute Gasteiger partial charge is 0.363 e. The minimum Gasteiger partial charge on any atom is -0.363 e. The van der Waals surface area contributed by atoms with Gasteiger partial charge in [-0.3, -0.25) is 4.68 Å². The molecule has 0 atom stereocenters. The van der Waals surface area contributed by atoms with E-state index in [9.17, 15) is 8.42 Å². The molecule has 0 saturated heterocycles. The smallest absolute Gasteiger partial charge is 0.242 e. The average molecular weight is 297 g/mol. The maximum absolute atomic E-state index is 12.1. The third-order valence-electron chi connectivity index (χ3n) is 2.84. The molecule has 0 saturated carbocycles. The Bertz CT molecular complexity index is 659. The minimum absolute atomic E-state index is 0.253. The predicted octanol–water partition coefficient (Wildman–Crippen LogP) is -0.0114. The molecule has 0 aliphatic heterocycles. The van der Waals surface area contributed by atoms with E-state index in [1.807, 2.05) is 19.3 Å². The van der Waals surface area contributed by atoms with E-state index >= 15 is 0 Å². The van der Waals surface area contributed by atoms with Crippen molar-refractivity contribution in [1.82, 2.24) is 24.8 Å². The summed E-state index contributed by atoms with van der Waals surface area (Å²) >= 11 is 0. The van der Waals surface area contributed by atoms with Gasteiger partial charge in [-0.2, -0.15) is 5.10 Å². The summed E-state index contributed by atoms with van der Waals surface area (Å²) in [4.78, 5) is 3.18. The molecule has 0 unspecified atom stereocenters. The number of sulfonamides is 1. The van der Waals surface area contributed by atoms with Gasteiger partial charge in [-0.25, -0.2) is 13.1 Å².